The highest BCUT2D eigenvalue weighted by Crippen LogP contribution is 1.63. The lowest BCUT2D eigenvalue weighted by Gasteiger charge is -2.01. The van der Waals surface area contributed by atoms with Crippen molar-refractivity contribution < 1.29 is 0 Å². The molecule has 0 aliphatic heterocycles. The predicted molar refractivity (Wildman–Crippen MR) is 32.1 cm³/mol. The van der Waals surface area contributed by atoms with Gasteiger partial charge >= 0.3 is 0 Å². The van der Waals surface area contributed by atoms with Crippen LogP contribution in [0.2, 0.25) is 0 Å². The molecule has 0 aromatic heterocycles. The maximum absolute atomic E-state index is 5.19. The smallest absolute Gasteiger partial charge is 0.0125 e. The molecule has 0 amide bonds. The Hall–Kier alpha value is -0.200. The van der Waals surface area contributed by atoms with Crippen LogP contribution < -0.4 is 28.1 Å². The van der Waals surface area contributed by atoms with Gasteiger partial charge in [-0.15, -0.1) is 0 Å². The van der Waals surface area contributed by atoms with Gasteiger partial charge in [-0.1, -0.05) is 0 Å². The number of nitrogens with two attached hydrogens (primary N) is 2. The van der Waals surface area contributed by atoms with Gasteiger partial charge in [-0.3, -0.25) is 5.84 Å². The van der Waals surface area contributed by atoms with Crippen molar-refractivity contribution in [2.75, 3.05) is 13.1 Å². The van der Waals surface area contributed by atoms with E-state index in [0.717, 1.165) is 13.0 Å². The summed E-state index contributed by atoms with van der Waals surface area (Å²) in [5.41, 5.74) is 12.7. The summed E-state index contributed by atoms with van der Waals surface area (Å²) in [5.74, 6) is 4.86. The van der Waals surface area contributed by atoms with Crippen LogP contribution in [0.15, 0.2) is 0 Å². The summed E-state index contributed by atoms with van der Waals surface area (Å²) in [5, 5.41) is 0. The van der Waals surface area contributed by atoms with Crippen LogP contribution in [0.25, 0.3) is 0 Å². The molecule has 7 N–H and O–H groups in total. The van der Waals surface area contributed by atoms with Crippen LogP contribution in [-0.4, -0.2) is 13.1 Å². The van der Waals surface area contributed by atoms with Gasteiger partial charge in [0.2, 0.25) is 0 Å². The van der Waals surface area contributed by atoms with Crippen LogP contribution >= 0.6 is 0 Å². The second kappa shape index (κ2) is 6.80. The number of hydrazine groups is 3. The quantitative estimate of drug-likeness (QED) is 0.161. The van der Waals surface area contributed by atoms with Gasteiger partial charge in [0.05, 0.1) is 0 Å². The van der Waals surface area contributed by atoms with Gasteiger partial charge in [-0.25, -0.2) is 5.43 Å². The van der Waals surface area contributed by atoms with Crippen molar-refractivity contribution in [2.45, 2.75) is 6.42 Å². The molecule has 50 valence electrons. The molecule has 0 aromatic rings. The van der Waals surface area contributed by atoms with Gasteiger partial charge in [0.25, 0.3) is 0 Å². The number of hydrogen-bond acceptors (Lipinski definition) is 5. The fraction of sp³-hybridized carbons (Fsp3) is 1.00. The van der Waals surface area contributed by atoms with Crippen LogP contribution in [0.1, 0.15) is 6.42 Å². The lowest BCUT2D eigenvalue weighted by molar-refractivity contribution is 0.441. The van der Waals surface area contributed by atoms with E-state index in [1.165, 1.54) is 0 Å². The van der Waals surface area contributed by atoms with Crippen molar-refractivity contribution in [3.63, 3.8) is 0 Å². The lowest BCUT2D eigenvalue weighted by Crippen LogP contribution is -2.47. The van der Waals surface area contributed by atoms with E-state index in [2.05, 4.69) is 16.5 Å². The highest BCUT2D eigenvalue weighted by molar-refractivity contribution is 4.38. The molecule has 0 saturated heterocycles. The molecule has 0 radical (unpaired) electrons. The molecule has 8 heavy (non-hydrogen) atoms. The fourth-order valence-corrected chi connectivity index (χ4v) is 0.304. The average molecular weight is 119 g/mol. The summed E-state index contributed by atoms with van der Waals surface area (Å²) in [6, 6.07) is 0. The van der Waals surface area contributed by atoms with Crippen molar-refractivity contribution >= 4 is 0 Å². The number of rotatable bonds is 5. The third-order valence-electron chi connectivity index (χ3n) is 0.666. The van der Waals surface area contributed by atoms with E-state index in [1.807, 2.05) is 0 Å². The Balaban J connectivity index is 2.53. The third-order valence-corrected chi connectivity index (χ3v) is 0.666. The second-order valence-electron chi connectivity index (χ2n) is 1.34. The minimum atomic E-state index is 0.694. The minimum absolute atomic E-state index is 0.694. The van der Waals surface area contributed by atoms with Crippen molar-refractivity contribution in [1.29, 1.82) is 0 Å². The Morgan fingerprint density at radius 2 is 2.12 bits per heavy atom. The SMILES string of the molecule is NCCCNNNN. The van der Waals surface area contributed by atoms with Gasteiger partial charge < -0.3 is 5.73 Å². The Morgan fingerprint density at radius 3 is 2.62 bits per heavy atom. The Kier molecular flexibility index (Phi) is 6.63. The van der Waals surface area contributed by atoms with Gasteiger partial charge in [-0.05, 0) is 13.0 Å². The molecule has 0 bridgehead atoms. The summed E-state index contributed by atoms with van der Waals surface area (Å²) < 4.78 is 0. The molecule has 0 spiro atoms. The van der Waals surface area contributed by atoms with E-state index in [-0.39, 0.29) is 0 Å². The lowest BCUT2D eigenvalue weighted by atomic mass is 10.4. The van der Waals surface area contributed by atoms with Crippen LogP contribution in [0, 0.1) is 0 Å². The first kappa shape index (κ1) is 7.80. The van der Waals surface area contributed by atoms with Gasteiger partial charge in [0, 0.05) is 6.54 Å². The van der Waals surface area contributed by atoms with E-state index >= 15 is 0 Å². The Labute approximate surface area is 48.7 Å². The van der Waals surface area contributed by atoms with E-state index < -0.39 is 0 Å². The first-order valence-corrected chi connectivity index (χ1v) is 2.55. The Morgan fingerprint density at radius 1 is 1.38 bits per heavy atom. The number of hydrogen-bond donors (Lipinski definition) is 5. The molecular weight excluding hydrogens is 106 g/mol. The molecular formula is C3H13N5. The van der Waals surface area contributed by atoms with E-state index in [9.17, 15) is 0 Å². The first-order chi connectivity index (χ1) is 3.91. The molecule has 0 aliphatic carbocycles. The zero-order valence-corrected chi connectivity index (χ0v) is 4.78. The maximum Gasteiger partial charge on any atom is 0.0125 e. The zero-order valence-electron chi connectivity index (χ0n) is 4.78. The van der Waals surface area contributed by atoms with Crippen molar-refractivity contribution in [3.05, 3.63) is 0 Å². The van der Waals surface area contributed by atoms with E-state index in [1.54, 1.807) is 0 Å². The van der Waals surface area contributed by atoms with Crippen LogP contribution in [0.4, 0.5) is 0 Å². The average Bonchev–Trinajstić information content (AvgIpc) is 1.81. The topological polar surface area (TPSA) is 88.1 Å². The molecule has 0 aliphatic rings. The van der Waals surface area contributed by atoms with Gasteiger partial charge in [0.15, 0.2) is 0 Å². The molecule has 0 unspecified atom stereocenters. The normalized spacial score (nSPS) is 9.75. The van der Waals surface area contributed by atoms with E-state index in [4.69, 9.17) is 11.6 Å². The number of nitrogens with one attached hydrogen (secondary N) is 3. The summed E-state index contributed by atoms with van der Waals surface area (Å²) in [6.45, 7) is 1.51. The van der Waals surface area contributed by atoms with Crippen LogP contribution in [-0.2, 0) is 0 Å². The van der Waals surface area contributed by atoms with Crippen LogP contribution in [0.5, 0.6) is 0 Å². The largest absolute Gasteiger partial charge is 0.330 e. The second-order valence-corrected chi connectivity index (χ2v) is 1.34. The molecule has 0 atom stereocenters. The minimum Gasteiger partial charge on any atom is -0.330 e. The Bertz CT molecular complexity index is 32.7. The molecule has 0 heterocycles. The summed E-state index contributed by atoms with van der Waals surface area (Å²) >= 11 is 0. The third kappa shape index (κ3) is 5.80. The highest BCUT2D eigenvalue weighted by Gasteiger charge is 1.78. The molecule has 0 saturated carbocycles. The highest BCUT2D eigenvalue weighted by atomic mass is 15.7. The maximum atomic E-state index is 5.19. The molecule has 5 nitrogen and oxygen atoms in total. The first-order valence-electron chi connectivity index (χ1n) is 2.55. The van der Waals surface area contributed by atoms with Crippen LogP contribution in [0.3, 0.4) is 0 Å². The van der Waals surface area contributed by atoms with E-state index in [0.29, 0.717) is 6.54 Å². The van der Waals surface area contributed by atoms with Crippen molar-refractivity contribution in [2.24, 2.45) is 11.6 Å². The van der Waals surface area contributed by atoms with Gasteiger partial charge in [0.1, 0.15) is 0 Å². The van der Waals surface area contributed by atoms with Gasteiger partial charge in [-0.2, -0.15) is 11.1 Å². The summed E-state index contributed by atoms with van der Waals surface area (Å²) in [4.78, 5) is 0. The monoisotopic (exact) mass is 119 g/mol. The standard InChI is InChI=1S/C3H13N5/c4-2-1-3-6-8-7-5/h6-8H,1-5H2. The van der Waals surface area contributed by atoms with Crippen molar-refractivity contribution in [1.82, 2.24) is 16.5 Å². The zero-order chi connectivity index (χ0) is 6.24. The summed E-state index contributed by atoms with van der Waals surface area (Å²) in [7, 11) is 0. The molecule has 5 heteroatoms. The van der Waals surface area contributed by atoms with Crippen molar-refractivity contribution in [3.8, 4) is 0 Å². The molecule has 0 fully saturated rings. The molecule has 0 aromatic carbocycles. The predicted octanol–water partition coefficient (Wildman–Crippen LogP) is -2.19. The summed E-state index contributed by atoms with van der Waals surface area (Å²) in [6.07, 6.45) is 0.939. The molecule has 0 rings (SSSR count). The fourth-order valence-electron chi connectivity index (χ4n) is 0.304.